The van der Waals surface area contributed by atoms with E-state index < -0.39 is 12.1 Å². The SMILES string of the molecule is O=C(O)C1CN(C(=O)Cc2cc(Cl)c3c(c2)OCCO3)CCO1. The first-order chi connectivity index (χ1) is 11.0. The Kier molecular flexibility index (Phi) is 4.58. The third-order valence-corrected chi connectivity index (χ3v) is 3.99. The number of amides is 1. The second-order valence-corrected chi connectivity index (χ2v) is 5.72. The molecular formula is C15H16ClNO6. The fraction of sp³-hybridized carbons (Fsp3) is 0.467. The predicted octanol–water partition coefficient (Wildman–Crippen LogP) is 0.966. The molecule has 0 saturated carbocycles. The average Bonchev–Trinajstić information content (AvgIpc) is 2.55. The first kappa shape index (κ1) is 15.9. The highest BCUT2D eigenvalue weighted by molar-refractivity contribution is 6.32. The van der Waals surface area contributed by atoms with Crippen molar-refractivity contribution in [2.24, 2.45) is 0 Å². The van der Waals surface area contributed by atoms with Gasteiger partial charge in [-0.3, -0.25) is 4.79 Å². The zero-order valence-corrected chi connectivity index (χ0v) is 13.0. The number of halogens is 1. The molecule has 1 saturated heterocycles. The van der Waals surface area contributed by atoms with Gasteiger partial charge in [0.1, 0.15) is 13.2 Å². The van der Waals surface area contributed by atoms with E-state index in [4.69, 9.17) is 30.9 Å². The molecule has 3 rings (SSSR count). The van der Waals surface area contributed by atoms with E-state index in [2.05, 4.69) is 0 Å². The molecule has 1 aromatic rings. The molecular weight excluding hydrogens is 326 g/mol. The van der Waals surface area contributed by atoms with Gasteiger partial charge in [0, 0.05) is 6.54 Å². The number of aliphatic carboxylic acids is 1. The second-order valence-electron chi connectivity index (χ2n) is 5.32. The molecule has 2 heterocycles. The average molecular weight is 342 g/mol. The van der Waals surface area contributed by atoms with Gasteiger partial charge in [-0.25, -0.2) is 4.79 Å². The zero-order chi connectivity index (χ0) is 16.4. The standard InChI is InChI=1S/C15H16ClNO6/c16-10-5-9(6-11-14(10)23-4-3-22-11)7-13(18)17-1-2-21-12(8-17)15(19)20/h5-6,12H,1-4,7-8H2,(H,19,20). The van der Waals surface area contributed by atoms with Gasteiger partial charge in [0.2, 0.25) is 5.91 Å². The van der Waals surface area contributed by atoms with Crippen molar-refractivity contribution < 1.29 is 28.9 Å². The summed E-state index contributed by atoms with van der Waals surface area (Å²) in [6, 6.07) is 3.40. The summed E-state index contributed by atoms with van der Waals surface area (Å²) in [4.78, 5) is 24.8. The van der Waals surface area contributed by atoms with Gasteiger partial charge in [-0.2, -0.15) is 0 Å². The Hall–Kier alpha value is -1.99. The highest BCUT2D eigenvalue weighted by Gasteiger charge is 2.29. The number of fused-ring (bicyclic) bond motifs is 1. The third-order valence-electron chi connectivity index (χ3n) is 3.71. The normalized spacial score (nSPS) is 20.2. The van der Waals surface area contributed by atoms with E-state index in [1.54, 1.807) is 12.1 Å². The summed E-state index contributed by atoms with van der Waals surface area (Å²) in [6.07, 6.45) is -0.862. The van der Waals surface area contributed by atoms with Crippen LogP contribution < -0.4 is 9.47 Å². The molecule has 7 nitrogen and oxygen atoms in total. The van der Waals surface area contributed by atoms with Gasteiger partial charge >= 0.3 is 5.97 Å². The van der Waals surface area contributed by atoms with Crippen molar-refractivity contribution in [1.29, 1.82) is 0 Å². The molecule has 1 amide bonds. The molecule has 8 heteroatoms. The van der Waals surface area contributed by atoms with E-state index >= 15 is 0 Å². The van der Waals surface area contributed by atoms with Crippen LogP contribution in [0, 0.1) is 0 Å². The number of rotatable bonds is 3. The maximum Gasteiger partial charge on any atom is 0.334 e. The van der Waals surface area contributed by atoms with E-state index in [-0.39, 0.29) is 25.5 Å². The minimum absolute atomic E-state index is 0.0481. The lowest BCUT2D eigenvalue weighted by atomic mass is 10.1. The summed E-state index contributed by atoms with van der Waals surface area (Å²) in [5, 5.41) is 9.38. The van der Waals surface area contributed by atoms with Gasteiger partial charge in [0.05, 0.1) is 24.6 Å². The largest absolute Gasteiger partial charge is 0.486 e. The van der Waals surface area contributed by atoms with Crippen molar-refractivity contribution in [2.45, 2.75) is 12.5 Å². The maximum atomic E-state index is 12.4. The van der Waals surface area contributed by atoms with Crippen molar-refractivity contribution in [2.75, 3.05) is 32.9 Å². The number of carboxylic acids is 1. The summed E-state index contributed by atoms with van der Waals surface area (Å²) in [6.45, 7) is 1.51. The number of morpholine rings is 1. The molecule has 0 aliphatic carbocycles. The molecule has 1 unspecified atom stereocenters. The van der Waals surface area contributed by atoms with Gasteiger partial charge in [0.25, 0.3) is 0 Å². The van der Waals surface area contributed by atoms with Gasteiger partial charge in [-0.05, 0) is 17.7 Å². The van der Waals surface area contributed by atoms with Crippen molar-refractivity contribution in [3.63, 3.8) is 0 Å². The van der Waals surface area contributed by atoms with E-state index in [1.807, 2.05) is 0 Å². The van der Waals surface area contributed by atoms with E-state index in [0.29, 0.717) is 41.8 Å². The molecule has 2 aliphatic rings. The predicted molar refractivity (Wildman–Crippen MR) is 80.1 cm³/mol. The lowest BCUT2D eigenvalue weighted by molar-refractivity contribution is -0.159. The Labute approximate surface area is 137 Å². The number of carboxylic acid groups (broad SMARTS) is 1. The highest BCUT2D eigenvalue weighted by Crippen LogP contribution is 2.38. The summed E-state index contributed by atoms with van der Waals surface area (Å²) >= 11 is 6.15. The van der Waals surface area contributed by atoms with Crippen LogP contribution in [0.1, 0.15) is 5.56 Å². The van der Waals surface area contributed by atoms with Crippen LogP contribution >= 0.6 is 11.6 Å². The van der Waals surface area contributed by atoms with Crippen LogP contribution in [0.3, 0.4) is 0 Å². The van der Waals surface area contributed by atoms with Crippen LogP contribution in [0.25, 0.3) is 0 Å². The van der Waals surface area contributed by atoms with E-state index in [9.17, 15) is 9.59 Å². The Balaban J connectivity index is 1.70. The topological polar surface area (TPSA) is 85.3 Å². The number of carbonyl (C=O) groups excluding carboxylic acids is 1. The first-order valence-electron chi connectivity index (χ1n) is 7.25. The quantitative estimate of drug-likeness (QED) is 0.881. The fourth-order valence-corrected chi connectivity index (χ4v) is 2.87. The van der Waals surface area contributed by atoms with E-state index in [1.165, 1.54) is 4.90 Å². The number of benzene rings is 1. The summed E-state index contributed by atoms with van der Waals surface area (Å²) in [5.74, 6) is -0.222. The monoisotopic (exact) mass is 341 g/mol. The molecule has 124 valence electrons. The molecule has 1 atom stereocenters. The number of ether oxygens (including phenoxy) is 3. The van der Waals surface area contributed by atoms with Gasteiger partial charge in [-0.15, -0.1) is 0 Å². The minimum Gasteiger partial charge on any atom is -0.486 e. The second kappa shape index (κ2) is 6.64. The zero-order valence-electron chi connectivity index (χ0n) is 12.3. The van der Waals surface area contributed by atoms with Gasteiger partial charge in [0.15, 0.2) is 17.6 Å². The molecule has 0 spiro atoms. The third kappa shape index (κ3) is 3.51. The lowest BCUT2D eigenvalue weighted by Crippen LogP contribution is -2.49. The Morgan fingerprint density at radius 2 is 2.04 bits per heavy atom. The minimum atomic E-state index is -1.06. The van der Waals surface area contributed by atoms with Crippen LogP contribution in [0.4, 0.5) is 0 Å². The van der Waals surface area contributed by atoms with Crippen molar-refractivity contribution in [1.82, 2.24) is 4.90 Å². The van der Waals surface area contributed by atoms with Crippen LogP contribution in [0.15, 0.2) is 12.1 Å². The Bertz CT molecular complexity index is 635. The number of carbonyl (C=O) groups is 2. The molecule has 2 aliphatic heterocycles. The fourth-order valence-electron chi connectivity index (χ4n) is 2.58. The first-order valence-corrected chi connectivity index (χ1v) is 7.62. The van der Waals surface area contributed by atoms with Gasteiger partial charge in [-0.1, -0.05) is 11.6 Å². The van der Waals surface area contributed by atoms with Crippen molar-refractivity contribution >= 4 is 23.5 Å². The Morgan fingerprint density at radius 1 is 1.26 bits per heavy atom. The molecule has 0 radical (unpaired) electrons. The number of hydrogen-bond donors (Lipinski definition) is 1. The summed E-state index contributed by atoms with van der Waals surface area (Å²) in [7, 11) is 0. The summed E-state index contributed by atoms with van der Waals surface area (Å²) in [5.41, 5.74) is 0.697. The van der Waals surface area contributed by atoms with Crippen molar-refractivity contribution in [3.8, 4) is 11.5 Å². The molecule has 1 fully saturated rings. The molecule has 0 aromatic heterocycles. The molecule has 1 N–H and O–H groups in total. The maximum absolute atomic E-state index is 12.4. The Morgan fingerprint density at radius 3 is 2.83 bits per heavy atom. The van der Waals surface area contributed by atoms with Gasteiger partial charge < -0.3 is 24.2 Å². The van der Waals surface area contributed by atoms with Crippen molar-refractivity contribution in [3.05, 3.63) is 22.7 Å². The smallest absolute Gasteiger partial charge is 0.334 e. The number of hydrogen-bond acceptors (Lipinski definition) is 5. The van der Waals surface area contributed by atoms with Crippen LogP contribution in [0.2, 0.25) is 5.02 Å². The van der Waals surface area contributed by atoms with Crippen LogP contribution in [0.5, 0.6) is 11.5 Å². The summed E-state index contributed by atoms with van der Waals surface area (Å²) < 4.78 is 16.0. The molecule has 1 aromatic carbocycles. The molecule has 0 bridgehead atoms. The number of nitrogens with zero attached hydrogens (tertiary/aromatic N) is 1. The van der Waals surface area contributed by atoms with Crippen LogP contribution in [-0.4, -0.2) is 60.9 Å². The van der Waals surface area contributed by atoms with Crippen LogP contribution in [-0.2, 0) is 20.7 Å². The van der Waals surface area contributed by atoms with E-state index in [0.717, 1.165) is 0 Å². The highest BCUT2D eigenvalue weighted by atomic mass is 35.5. The lowest BCUT2D eigenvalue weighted by Gasteiger charge is -2.31. The molecule has 23 heavy (non-hydrogen) atoms.